The Hall–Kier alpha value is -1.11. The second-order valence-electron chi connectivity index (χ2n) is 6.87. The quantitative estimate of drug-likeness (QED) is 0.460. The maximum absolute atomic E-state index is 12.0. The largest absolute Gasteiger partial charge is 0.294 e. The van der Waals surface area contributed by atoms with Gasteiger partial charge in [0.05, 0.1) is 0 Å². The lowest BCUT2D eigenvalue weighted by Crippen LogP contribution is -2.08. The highest BCUT2D eigenvalue weighted by Crippen LogP contribution is 2.29. The van der Waals surface area contributed by atoms with Gasteiger partial charge in [-0.3, -0.25) is 4.79 Å². The van der Waals surface area contributed by atoms with E-state index in [9.17, 15) is 4.79 Å². The van der Waals surface area contributed by atoms with Crippen molar-refractivity contribution in [3.63, 3.8) is 0 Å². The van der Waals surface area contributed by atoms with Crippen molar-refractivity contribution in [1.82, 2.24) is 0 Å². The Balaban J connectivity index is 1.63. The van der Waals surface area contributed by atoms with Crippen molar-refractivity contribution in [2.75, 3.05) is 0 Å². The van der Waals surface area contributed by atoms with E-state index in [4.69, 9.17) is 0 Å². The van der Waals surface area contributed by atoms with E-state index in [1.807, 2.05) is 30.3 Å². The fourth-order valence-corrected chi connectivity index (χ4v) is 3.51. The first kappa shape index (κ1) is 16.3. The van der Waals surface area contributed by atoms with Gasteiger partial charge in [0.15, 0.2) is 5.78 Å². The molecule has 0 amide bonds. The third kappa shape index (κ3) is 6.03. The molecule has 0 saturated heterocycles. The minimum atomic E-state index is 0.307. The fourth-order valence-electron chi connectivity index (χ4n) is 3.51. The Labute approximate surface area is 130 Å². The van der Waals surface area contributed by atoms with Gasteiger partial charge in [0.2, 0.25) is 0 Å². The molecule has 1 aromatic rings. The van der Waals surface area contributed by atoms with E-state index in [1.54, 1.807) is 0 Å². The van der Waals surface area contributed by atoms with Crippen LogP contribution in [0.2, 0.25) is 0 Å². The van der Waals surface area contributed by atoms with E-state index in [0.29, 0.717) is 12.2 Å². The van der Waals surface area contributed by atoms with Gasteiger partial charge < -0.3 is 0 Å². The number of rotatable bonds is 6. The maximum Gasteiger partial charge on any atom is 0.162 e. The summed E-state index contributed by atoms with van der Waals surface area (Å²) in [6, 6.07) is 9.72. The smallest absolute Gasteiger partial charge is 0.162 e. The standard InChI is InChI=1S/C20H30O/c1-17-9-5-6-10-18(16-15-17)11-7-8-14-20(21)19-12-3-2-4-13-19/h2-4,12-13,17-18H,5-11,14-16H2,1H3. The van der Waals surface area contributed by atoms with Crippen LogP contribution in [0.5, 0.6) is 0 Å². The van der Waals surface area contributed by atoms with E-state index in [-0.39, 0.29) is 0 Å². The molecule has 21 heavy (non-hydrogen) atoms. The van der Waals surface area contributed by atoms with Crippen LogP contribution in [0.25, 0.3) is 0 Å². The predicted molar refractivity (Wildman–Crippen MR) is 89.6 cm³/mol. The highest BCUT2D eigenvalue weighted by atomic mass is 16.1. The molecule has 1 aliphatic carbocycles. The van der Waals surface area contributed by atoms with Gasteiger partial charge in [-0.05, 0) is 18.3 Å². The molecular formula is C20H30O. The highest BCUT2D eigenvalue weighted by Gasteiger charge is 2.14. The fraction of sp³-hybridized carbons (Fsp3) is 0.650. The molecule has 2 rings (SSSR count). The zero-order chi connectivity index (χ0) is 14.9. The summed E-state index contributed by atoms with van der Waals surface area (Å²) >= 11 is 0. The van der Waals surface area contributed by atoms with Crippen LogP contribution in [0.3, 0.4) is 0 Å². The molecule has 1 heteroatoms. The van der Waals surface area contributed by atoms with E-state index in [2.05, 4.69) is 6.92 Å². The molecular weight excluding hydrogens is 256 g/mol. The number of hydrogen-bond donors (Lipinski definition) is 0. The number of unbranched alkanes of at least 4 members (excludes halogenated alkanes) is 1. The summed E-state index contributed by atoms with van der Waals surface area (Å²) in [5, 5.41) is 0. The van der Waals surface area contributed by atoms with Gasteiger partial charge in [0, 0.05) is 12.0 Å². The highest BCUT2D eigenvalue weighted by molar-refractivity contribution is 5.95. The van der Waals surface area contributed by atoms with Gasteiger partial charge in [-0.15, -0.1) is 0 Å². The van der Waals surface area contributed by atoms with E-state index in [0.717, 1.165) is 23.8 Å². The minimum Gasteiger partial charge on any atom is -0.294 e. The van der Waals surface area contributed by atoms with Crippen molar-refractivity contribution in [2.45, 2.75) is 71.1 Å². The van der Waals surface area contributed by atoms with Crippen LogP contribution in [0, 0.1) is 11.8 Å². The number of ketones is 1. The van der Waals surface area contributed by atoms with Gasteiger partial charge in [-0.2, -0.15) is 0 Å². The number of Topliss-reactive ketones (excluding diaryl/α,β-unsaturated/α-hetero) is 1. The average molecular weight is 286 g/mol. The lowest BCUT2D eigenvalue weighted by atomic mass is 9.84. The molecule has 1 fully saturated rings. The molecule has 116 valence electrons. The lowest BCUT2D eigenvalue weighted by molar-refractivity contribution is 0.0978. The summed E-state index contributed by atoms with van der Waals surface area (Å²) in [6.07, 6.45) is 12.8. The lowest BCUT2D eigenvalue weighted by Gasteiger charge is -2.22. The third-order valence-corrected chi connectivity index (χ3v) is 4.99. The van der Waals surface area contributed by atoms with Crippen molar-refractivity contribution in [3.8, 4) is 0 Å². The summed E-state index contributed by atoms with van der Waals surface area (Å²) in [4.78, 5) is 12.0. The van der Waals surface area contributed by atoms with Crippen LogP contribution in [0.1, 0.15) is 81.5 Å². The maximum atomic E-state index is 12.0. The van der Waals surface area contributed by atoms with Crippen LogP contribution in [-0.4, -0.2) is 5.78 Å². The Morgan fingerprint density at radius 3 is 2.57 bits per heavy atom. The molecule has 0 radical (unpaired) electrons. The molecule has 0 aliphatic heterocycles. The number of hydrogen-bond acceptors (Lipinski definition) is 1. The Bertz CT molecular complexity index is 409. The average Bonchev–Trinajstić information content (AvgIpc) is 2.50. The first-order valence-electron chi connectivity index (χ1n) is 8.84. The SMILES string of the molecule is CC1CCCCC(CCCCC(=O)c2ccccc2)CC1. The molecule has 2 unspecified atom stereocenters. The van der Waals surface area contributed by atoms with Crippen molar-refractivity contribution < 1.29 is 4.79 Å². The topological polar surface area (TPSA) is 17.1 Å². The molecule has 0 N–H and O–H groups in total. The van der Waals surface area contributed by atoms with Crippen LogP contribution in [-0.2, 0) is 0 Å². The molecule has 0 bridgehead atoms. The third-order valence-electron chi connectivity index (χ3n) is 4.99. The predicted octanol–water partition coefficient (Wildman–Crippen LogP) is 6.04. The van der Waals surface area contributed by atoms with Crippen molar-refractivity contribution in [2.24, 2.45) is 11.8 Å². The molecule has 0 spiro atoms. The van der Waals surface area contributed by atoms with Gasteiger partial charge in [-0.1, -0.05) is 88.6 Å². The molecule has 1 aliphatic rings. The van der Waals surface area contributed by atoms with E-state index >= 15 is 0 Å². The number of carbonyl (C=O) groups is 1. The van der Waals surface area contributed by atoms with Crippen LogP contribution < -0.4 is 0 Å². The zero-order valence-electron chi connectivity index (χ0n) is 13.5. The van der Waals surface area contributed by atoms with Crippen LogP contribution >= 0.6 is 0 Å². The van der Waals surface area contributed by atoms with Gasteiger partial charge in [0.25, 0.3) is 0 Å². The summed E-state index contributed by atoms with van der Waals surface area (Å²) in [5.74, 6) is 2.15. The van der Waals surface area contributed by atoms with Gasteiger partial charge >= 0.3 is 0 Å². The molecule has 0 heterocycles. The molecule has 1 saturated carbocycles. The molecule has 1 nitrogen and oxygen atoms in total. The van der Waals surface area contributed by atoms with E-state index in [1.165, 1.54) is 51.4 Å². The summed E-state index contributed by atoms with van der Waals surface area (Å²) in [5.41, 5.74) is 0.872. The number of benzene rings is 1. The van der Waals surface area contributed by atoms with E-state index < -0.39 is 0 Å². The van der Waals surface area contributed by atoms with Crippen LogP contribution in [0.15, 0.2) is 30.3 Å². The Morgan fingerprint density at radius 2 is 1.76 bits per heavy atom. The first-order valence-corrected chi connectivity index (χ1v) is 8.84. The van der Waals surface area contributed by atoms with Crippen LogP contribution in [0.4, 0.5) is 0 Å². The summed E-state index contributed by atoms with van der Waals surface area (Å²) in [7, 11) is 0. The first-order chi connectivity index (χ1) is 10.3. The van der Waals surface area contributed by atoms with Crippen molar-refractivity contribution >= 4 is 5.78 Å². The normalized spacial score (nSPS) is 23.3. The molecule has 1 aromatic carbocycles. The van der Waals surface area contributed by atoms with Crippen molar-refractivity contribution in [1.29, 1.82) is 0 Å². The number of carbonyl (C=O) groups excluding carboxylic acids is 1. The Kier molecular flexibility index (Phi) is 6.99. The second kappa shape index (κ2) is 9.02. The molecule has 0 aromatic heterocycles. The van der Waals surface area contributed by atoms with Gasteiger partial charge in [0.1, 0.15) is 0 Å². The van der Waals surface area contributed by atoms with Crippen molar-refractivity contribution in [3.05, 3.63) is 35.9 Å². The monoisotopic (exact) mass is 286 g/mol. The summed E-state index contributed by atoms with van der Waals surface area (Å²) in [6.45, 7) is 2.40. The molecule has 2 atom stereocenters. The minimum absolute atomic E-state index is 0.307. The zero-order valence-corrected chi connectivity index (χ0v) is 13.5. The Morgan fingerprint density at radius 1 is 1.00 bits per heavy atom. The van der Waals surface area contributed by atoms with Gasteiger partial charge in [-0.25, -0.2) is 0 Å². The second-order valence-corrected chi connectivity index (χ2v) is 6.87. The summed E-state index contributed by atoms with van der Waals surface area (Å²) < 4.78 is 0.